The number of carbonyl (C=O) groups is 1. The van der Waals surface area contributed by atoms with Crippen molar-refractivity contribution in [3.8, 4) is 6.01 Å². The molecule has 1 aromatic carbocycles. The number of carbonyl (C=O) groups excluding carboxylic acids is 1. The summed E-state index contributed by atoms with van der Waals surface area (Å²) in [4.78, 5) is 22.2. The highest BCUT2D eigenvalue weighted by Crippen LogP contribution is 2.18. The van der Waals surface area contributed by atoms with Gasteiger partial charge in [-0.2, -0.15) is 0 Å². The number of amides is 2. The van der Waals surface area contributed by atoms with E-state index in [4.69, 9.17) is 16.3 Å². The van der Waals surface area contributed by atoms with Gasteiger partial charge in [-0.1, -0.05) is 11.6 Å². The van der Waals surface area contributed by atoms with Crippen LogP contribution in [0.3, 0.4) is 0 Å². The second kappa shape index (κ2) is 7.28. The van der Waals surface area contributed by atoms with Gasteiger partial charge in [0.15, 0.2) is 0 Å². The smallest absolute Gasteiger partial charge is 0.321 e. The van der Waals surface area contributed by atoms with E-state index in [0.717, 1.165) is 12.8 Å². The van der Waals surface area contributed by atoms with E-state index in [1.807, 2.05) is 0 Å². The molecule has 1 aromatic heterocycles. The molecule has 6 nitrogen and oxygen atoms in total. The first-order chi connectivity index (χ1) is 11.2. The Labute approximate surface area is 139 Å². The number of nitrogens with one attached hydrogen (secondary N) is 1. The van der Waals surface area contributed by atoms with Gasteiger partial charge in [0, 0.05) is 29.6 Å². The molecule has 0 radical (unpaired) electrons. The largest absolute Gasteiger partial charge is 0.458 e. The predicted octanol–water partition coefficient (Wildman–Crippen LogP) is 3.21. The maximum absolute atomic E-state index is 12.3. The number of rotatable bonds is 3. The number of benzene rings is 1. The first-order valence-corrected chi connectivity index (χ1v) is 7.84. The Kier molecular flexibility index (Phi) is 4.92. The fourth-order valence-corrected chi connectivity index (χ4v) is 2.58. The van der Waals surface area contributed by atoms with Crippen molar-refractivity contribution in [2.45, 2.75) is 18.9 Å². The monoisotopic (exact) mass is 332 g/mol. The highest BCUT2D eigenvalue weighted by Gasteiger charge is 2.25. The van der Waals surface area contributed by atoms with E-state index in [2.05, 4.69) is 15.3 Å². The van der Waals surface area contributed by atoms with Gasteiger partial charge in [-0.15, -0.1) is 0 Å². The molecule has 0 saturated carbocycles. The zero-order valence-corrected chi connectivity index (χ0v) is 13.2. The Balaban J connectivity index is 1.57. The van der Waals surface area contributed by atoms with Crippen LogP contribution in [-0.4, -0.2) is 40.1 Å². The molecule has 2 amide bonds. The third-order valence-electron chi connectivity index (χ3n) is 3.58. The van der Waals surface area contributed by atoms with Crippen molar-refractivity contribution < 1.29 is 9.53 Å². The van der Waals surface area contributed by atoms with Gasteiger partial charge < -0.3 is 15.0 Å². The normalized spacial score (nSPS) is 17.6. The summed E-state index contributed by atoms with van der Waals surface area (Å²) in [5, 5.41) is 3.50. The lowest BCUT2D eigenvalue weighted by atomic mass is 10.1. The number of urea groups is 1. The Bertz CT molecular complexity index is 651. The molecule has 1 atom stereocenters. The average Bonchev–Trinajstić information content (AvgIpc) is 2.58. The molecule has 0 aliphatic carbocycles. The standard InChI is InChI=1S/C16H17ClN4O2/c17-12-4-6-13(7-5-12)20-16(22)21-10-1-3-14(11-21)23-15-18-8-2-9-19-15/h2,4-9,14H,1,3,10-11H2,(H,20,22). The van der Waals surface area contributed by atoms with Crippen LogP contribution in [0, 0.1) is 0 Å². The summed E-state index contributed by atoms with van der Waals surface area (Å²) >= 11 is 5.84. The molecule has 0 bridgehead atoms. The molecule has 7 heteroatoms. The number of ether oxygens (including phenoxy) is 1. The van der Waals surface area contributed by atoms with Crippen LogP contribution < -0.4 is 10.1 Å². The first kappa shape index (κ1) is 15.6. The quantitative estimate of drug-likeness (QED) is 0.937. The number of hydrogen-bond donors (Lipinski definition) is 1. The zero-order chi connectivity index (χ0) is 16.1. The number of hydrogen-bond acceptors (Lipinski definition) is 4. The lowest BCUT2D eigenvalue weighted by Gasteiger charge is -2.32. The van der Waals surface area contributed by atoms with Gasteiger partial charge in [0.05, 0.1) is 6.54 Å². The number of aromatic nitrogens is 2. The number of piperidine rings is 1. The van der Waals surface area contributed by atoms with E-state index in [1.54, 1.807) is 47.6 Å². The summed E-state index contributed by atoms with van der Waals surface area (Å²) in [5.41, 5.74) is 0.717. The predicted molar refractivity (Wildman–Crippen MR) is 87.7 cm³/mol. The molecular formula is C16H17ClN4O2. The number of halogens is 1. The minimum absolute atomic E-state index is 0.0953. The minimum atomic E-state index is -0.144. The summed E-state index contributed by atoms with van der Waals surface area (Å²) in [6.07, 6.45) is 4.93. The third-order valence-corrected chi connectivity index (χ3v) is 3.83. The van der Waals surface area contributed by atoms with Crippen LogP contribution in [-0.2, 0) is 0 Å². The van der Waals surface area contributed by atoms with Crippen molar-refractivity contribution in [1.29, 1.82) is 0 Å². The second-order valence-corrected chi connectivity index (χ2v) is 5.73. The summed E-state index contributed by atoms with van der Waals surface area (Å²) in [5.74, 6) is 0. The molecule has 120 valence electrons. The highest BCUT2D eigenvalue weighted by atomic mass is 35.5. The molecule has 1 N–H and O–H groups in total. The average molecular weight is 333 g/mol. The summed E-state index contributed by atoms with van der Waals surface area (Å²) in [6.45, 7) is 1.21. The van der Waals surface area contributed by atoms with Gasteiger partial charge in [-0.05, 0) is 43.2 Å². The van der Waals surface area contributed by atoms with Crippen molar-refractivity contribution in [3.05, 3.63) is 47.7 Å². The molecule has 3 rings (SSSR count). The molecule has 1 unspecified atom stereocenters. The molecule has 1 aliphatic heterocycles. The van der Waals surface area contributed by atoms with Crippen molar-refractivity contribution in [2.75, 3.05) is 18.4 Å². The van der Waals surface area contributed by atoms with Crippen LogP contribution in [0.5, 0.6) is 6.01 Å². The van der Waals surface area contributed by atoms with Crippen LogP contribution in [0.15, 0.2) is 42.7 Å². The van der Waals surface area contributed by atoms with Crippen LogP contribution in [0.4, 0.5) is 10.5 Å². The van der Waals surface area contributed by atoms with Crippen LogP contribution in [0.2, 0.25) is 5.02 Å². The summed E-state index contributed by atoms with van der Waals surface area (Å²) in [6, 6.07) is 8.97. The van der Waals surface area contributed by atoms with Gasteiger partial charge in [-0.3, -0.25) is 0 Å². The van der Waals surface area contributed by atoms with Crippen LogP contribution in [0.25, 0.3) is 0 Å². The maximum atomic E-state index is 12.3. The van der Waals surface area contributed by atoms with E-state index in [1.165, 1.54) is 0 Å². The van der Waals surface area contributed by atoms with Gasteiger partial charge >= 0.3 is 12.0 Å². The maximum Gasteiger partial charge on any atom is 0.321 e. The fraction of sp³-hybridized carbons (Fsp3) is 0.312. The first-order valence-electron chi connectivity index (χ1n) is 7.46. The fourth-order valence-electron chi connectivity index (χ4n) is 2.45. The molecule has 23 heavy (non-hydrogen) atoms. The van der Waals surface area contributed by atoms with Gasteiger partial charge in [-0.25, -0.2) is 14.8 Å². The Morgan fingerprint density at radius 2 is 2.00 bits per heavy atom. The molecular weight excluding hydrogens is 316 g/mol. The Morgan fingerprint density at radius 1 is 1.26 bits per heavy atom. The van der Waals surface area contributed by atoms with Crippen LogP contribution >= 0.6 is 11.6 Å². The molecule has 1 fully saturated rings. The van der Waals surface area contributed by atoms with Gasteiger partial charge in [0.25, 0.3) is 0 Å². The lowest BCUT2D eigenvalue weighted by molar-refractivity contribution is 0.0983. The van der Waals surface area contributed by atoms with E-state index >= 15 is 0 Å². The van der Waals surface area contributed by atoms with Gasteiger partial charge in [0.2, 0.25) is 0 Å². The van der Waals surface area contributed by atoms with Crippen molar-refractivity contribution in [2.24, 2.45) is 0 Å². The lowest BCUT2D eigenvalue weighted by Crippen LogP contribution is -2.46. The molecule has 1 aliphatic rings. The highest BCUT2D eigenvalue weighted by molar-refractivity contribution is 6.30. The SMILES string of the molecule is O=C(Nc1ccc(Cl)cc1)N1CCCC(Oc2ncccn2)C1. The molecule has 2 aromatic rings. The molecule has 0 spiro atoms. The molecule has 1 saturated heterocycles. The summed E-state index contributed by atoms with van der Waals surface area (Å²) < 4.78 is 5.74. The third kappa shape index (κ3) is 4.32. The molecule has 2 heterocycles. The van der Waals surface area contributed by atoms with Gasteiger partial charge in [0.1, 0.15) is 6.10 Å². The minimum Gasteiger partial charge on any atom is -0.458 e. The number of anilines is 1. The van der Waals surface area contributed by atoms with E-state index in [-0.39, 0.29) is 12.1 Å². The van der Waals surface area contributed by atoms with Crippen LogP contribution in [0.1, 0.15) is 12.8 Å². The van der Waals surface area contributed by atoms with Crippen molar-refractivity contribution in [1.82, 2.24) is 14.9 Å². The number of nitrogens with zero attached hydrogens (tertiary/aromatic N) is 3. The topological polar surface area (TPSA) is 67.4 Å². The van der Waals surface area contributed by atoms with E-state index in [0.29, 0.717) is 29.8 Å². The number of likely N-dealkylation sites (tertiary alicyclic amines) is 1. The van der Waals surface area contributed by atoms with Crippen molar-refractivity contribution >= 4 is 23.3 Å². The Morgan fingerprint density at radius 3 is 2.74 bits per heavy atom. The van der Waals surface area contributed by atoms with Crippen molar-refractivity contribution in [3.63, 3.8) is 0 Å². The second-order valence-electron chi connectivity index (χ2n) is 5.30. The summed E-state index contributed by atoms with van der Waals surface area (Å²) in [7, 11) is 0. The van der Waals surface area contributed by atoms with E-state index in [9.17, 15) is 4.79 Å². The van der Waals surface area contributed by atoms with E-state index < -0.39 is 0 Å². The zero-order valence-electron chi connectivity index (χ0n) is 12.5. The Hall–Kier alpha value is -2.34.